The molecular weight excluding hydrogens is 569 g/mol. The molecule has 1 nitrogen and oxygen atoms in total. The molecule has 47 heavy (non-hydrogen) atoms. The van der Waals surface area contributed by atoms with Gasteiger partial charge in [0.1, 0.15) is 11.2 Å². The monoisotopic (exact) mass is 596 g/mol. The highest BCUT2D eigenvalue weighted by molar-refractivity contribution is 6.25. The first-order valence-electron chi connectivity index (χ1n) is 16.2. The van der Waals surface area contributed by atoms with Gasteiger partial charge in [0.2, 0.25) is 0 Å². The molecule has 1 heterocycles. The zero-order valence-electron chi connectivity index (χ0n) is 25.6. The molecule has 218 valence electrons. The zero-order valence-corrected chi connectivity index (χ0v) is 25.6. The van der Waals surface area contributed by atoms with Gasteiger partial charge in [-0.25, -0.2) is 0 Å². The van der Waals surface area contributed by atoms with E-state index >= 15 is 0 Å². The molecule has 0 saturated heterocycles. The van der Waals surface area contributed by atoms with Crippen LogP contribution in [-0.4, -0.2) is 0 Å². The topological polar surface area (TPSA) is 13.1 Å². The standard InChI is InChI=1S/C46H28O/c1-2-14-29(15-3-1)44-35-20-7-9-22-37(35)45(38-23-10-8-21-36(38)44)41-27-31(26-30-16-4-5-17-32(30)41)40-28-42-34-19-12-13-25-43(34)47-46(42)39-24-11-6-18-33(39)40/h1-28H. The van der Waals surface area contributed by atoms with E-state index in [-0.39, 0.29) is 0 Å². The molecular formula is C46H28O. The second-order valence-electron chi connectivity index (χ2n) is 12.4. The van der Waals surface area contributed by atoms with Crippen molar-refractivity contribution in [1.82, 2.24) is 0 Å². The van der Waals surface area contributed by atoms with Gasteiger partial charge in [0.25, 0.3) is 0 Å². The Labute approximate surface area is 271 Å². The zero-order chi connectivity index (χ0) is 30.9. The van der Waals surface area contributed by atoms with Crippen LogP contribution in [0.25, 0.3) is 98.4 Å². The maximum absolute atomic E-state index is 6.46. The Kier molecular flexibility index (Phi) is 5.64. The fourth-order valence-corrected chi connectivity index (χ4v) is 7.79. The summed E-state index contributed by atoms with van der Waals surface area (Å²) in [6.07, 6.45) is 0. The van der Waals surface area contributed by atoms with E-state index in [1.165, 1.54) is 71.1 Å². The first-order chi connectivity index (χ1) is 23.3. The first-order valence-corrected chi connectivity index (χ1v) is 16.2. The minimum atomic E-state index is 0.917. The van der Waals surface area contributed by atoms with E-state index in [1.54, 1.807) is 0 Å². The fourth-order valence-electron chi connectivity index (χ4n) is 7.79. The van der Waals surface area contributed by atoms with E-state index in [2.05, 4.69) is 164 Å². The lowest BCUT2D eigenvalue weighted by atomic mass is 9.83. The Bertz CT molecular complexity index is 2780. The smallest absolute Gasteiger partial charge is 0.143 e. The van der Waals surface area contributed by atoms with E-state index in [0.29, 0.717) is 0 Å². The highest BCUT2D eigenvalue weighted by Crippen LogP contribution is 2.47. The minimum absolute atomic E-state index is 0.917. The summed E-state index contributed by atoms with van der Waals surface area (Å²) < 4.78 is 6.46. The number of hydrogen-bond donors (Lipinski definition) is 0. The molecule has 0 amide bonds. The van der Waals surface area contributed by atoms with Gasteiger partial charge in [0.05, 0.1) is 0 Å². The van der Waals surface area contributed by atoms with Crippen molar-refractivity contribution in [2.45, 2.75) is 0 Å². The molecule has 0 N–H and O–H groups in total. The lowest BCUT2D eigenvalue weighted by molar-refractivity contribution is 0.672. The van der Waals surface area contributed by atoms with Gasteiger partial charge in [-0.3, -0.25) is 0 Å². The molecule has 0 aliphatic rings. The van der Waals surface area contributed by atoms with Crippen LogP contribution >= 0.6 is 0 Å². The van der Waals surface area contributed by atoms with E-state index in [0.717, 1.165) is 27.3 Å². The number of benzene rings is 9. The normalized spacial score (nSPS) is 11.8. The third kappa shape index (κ3) is 3.90. The highest BCUT2D eigenvalue weighted by Gasteiger charge is 2.20. The number of furan rings is 1. The van der Waals surface area contributed by atoms with Gasteiger partial charge >= 0.3 is 0 Å². The molecule has 1 aromatic heterocycles. The van der Waals surface area contributed by atoms with Crippen molar-refractivity contribution >= 4 is 65.0 Å². The lowest BCUT2D eigenvalue weighted by Gasteiger charge is -2.20. The van der Waals surface area contributed by atoms with Crippen LogP contribution in [0.5, 0.6) is 0 Å². The van der Waals surface area contributed by atoms with Gasteiger partial charge in [-0.2, -0.15) is 0 Å². The maximum atomic E-state index is 6.46. The van der Waals surface area contributed by atoms with Crippen LogP contribution in [-0.2, 0) is 0 Å². The molecule has 0 aliphatic heterocycles. The van der Waals surface area contributed by atoms with E-state index in [1.807, 2.05) is 6.07 Å². The van der Waals surface area contributed by atoms with Crippen molar-refractivity contribution in [3.63, 3.8) is 0 Å². The van der Waals surface area contributed by atoms with Crippen LogP contribution in [0.4, 0.5) is 0 Å². The van der Waals surface area contributed by atoms with E-state index < -0.39 is 0 Å². The van der Waals surface area contributed by atoms with Crippen molar-refractivity contribution in [2.24, 2.45) is 0 Å². The van der Waals surface area contributed by atoms with Crippen molar-refractivity contribution < 1.29 is 4.42 Å². The molecule has 0 radical (unpaired) electrons. The van der Waals surface area contributed by atoms with Gasteiger partial charge in [-0.15, -0.1) is 0 Å². The molecule has 0 spiro atoms. The first kappa shape index (κ1) is 26.1. The minimum Gasteiger partial charge on any atom is -0.455 e. The van der Waals surface area contributed by atoms with Crippen LogP contribution in [0.3, 0.4) is 0 Å². The predicted octanol–water partition coefficient (Wildman–Crippen LogP) is 13.2. The van der Waals surface area contributed by atoms with Crippen molar-refractivity contribution in [3.05, 3.63) is 170 Å². The molecule has 10 aromatic rings. The number of para-hydroxylation sites is 1. The Hall–Kier alpha value is -6.18. The van der Waals surface area contributed by atoms with Gasteiger partial charge < -0.3 is 4.42 Å². The number of fused-ring (bicyclic) bond motifs is 8. The molecule has 0 unspecified atom stereocenters. The summed E-state index contributed by atoms with van der Waals surface area (Å²) in [4.78, 5) is 0. The van der Waals surface area contributed by atoms with Crippen LogP contribution in [0, 0.1) is 0 Å². The Morgan fingerprint density at radius 1 is 0.298 bits per heavy atom. The van der Waals surface area contributed by atoms with Crippen molar-refractivity contribution in [1.29, 1.82) is 0 Å². The molecule has 10 rings (SSSR count). The summed E-state index contributed by atoms with van der Waals surface area (Å²) in [5.74, 6) is 0. The highest BCUT2D eigenvalue weighted by atomic mass is 16.3. The summed E-state index contributed by atoms with van der Waals surface area (Å²) in [6.45, 7) is 0. The predicted molar refractivity (Wildman–Crippen MR) is 200 cm³/mol. The van der Waals surface area contributed by atoms with Crippen LogP contribution < -0.4 is 0 Å². The van der Waals surface area contributed by atoms with Gasteiger partial charge in [-0.1, -0.05) is 146 Å². The summed E-state index contributed by atoms with van der Waals surface area (Å²) in [5, 5.41) is 12.1. The van der Waals surface area contributed by atoms with Crippen LogP contribution in [0.15, 0.2) is 174 Å². The lowest BCUT2D eigenvalue weighted by Crippen LogP contribution is -1.92. The van der Waals surface area contributed by atoms with Gasteiger partial charge in [0, 0.05) is 16.2 Å². The second-order valence-corrected chi connectivity index (χ2v) is 12.4. The Morgan fingerprint density at radius 2 is 0.830 bits per heavy atom. The second kappa shape index (κ2) is 10.2. The van der Waals surface area contributed by atoms with Crippen LogP contribution in [0.1, 0.15) is 0 Å². The quantitative estimate of drug-likeness (QED) is 0.185. The third-order valence-electron chi connectivity index (χ3n) is 9.82. The Morgan fingerprint density at radius 3 is 1.53 bits per heavy atom. The van der Waals surface area contributed by atoms with Crippen molar-refractivity contribution in [3.8, 4) is 33.4 Å². The average molecular weight is 597 g/mol. The summed E-state index contributed by atoms with van der Waals surface area (Å²) in [7, 11) is 0. The fraction of sp³-hybridized carbons (Fsp3) is 0. The molecule has 0 aliphatic carbocycles. The molecule has 9 aromatic carbocycles. The van der Waals surface area contributed by atoms with Gasteiger partial charge in [0.15, 0.2) is 0 Å². The molecule has 0 saturated carbocycles. The number of rotatable bonds is 3. The molecule has 0 atom stereocenters. The SMILES string of the molecule is c1ccc(-c2c3ccccc3c(-c3cc(-c4cc5c6ccccc6oc5c5ccccc45)cc4ccccc34)c3ccccc23)cc1. The molecule has 0 bridgehead atoms. The van der Waals surface area contributed by atoms with Gasteiger partial charge in [-0.05, 0) is 95.3 Å². The Balaban J connectivity index is 1.35. The largest absolute Gasteiger partial charge is 0.455 e. The number of hydrogen-bond acceptors (Lipinski definition) is 1. The molecule has 1 heteroatoms. The average Bonchev–Trinajstić information content (AvgIpc) is 3.52. The summed E-state index contributed by atoms with van der Waals surface area (Å²) >= 11 is 0. The summed E-state index contributed by atoms with van der Waals surface area (Å²) in [6, 6.07) is 61.6. The molecule has 0 fully saturated rings. The summed E-state index contributed by atoms with van der Waals surface area (Å²) in [5.41, 5.74) is 9.30. The third-order valence-corrected chi connectivity index (χ3v) is 9.82. The van der Waals surface area contributed by atoms with Crippen LogP contribution in [0.2, 0.25) is 0 Å². The maximum Gasteiger partial charge on any atom is 0.143 e. The van der Waals surface area contributed by atoms with E-state index in [4.69, 9.17) is 4.42 Å². The van der Waals surface area contributed by atoms with E-state index in [9.17, 15) is 0 Å². The van der Waals surface area contributed by atoms with Crippen molar-refractivity contribution in [2.75, 3.05) is 0 Å².